The number of hydrogen-bond acceptors (Lipinski definition) is 5. The highest BCUT2D eigenvalue weighted by Gasteiger charge is 2.24. The van der Waals surface area contributed by atoms with Gasteiger partial charge in [0.2, 0.25) is 0 Å². The number of hydrogen-bond donors (Lipinski definition) is 0. The van der Waals surface area contributed by atoms with Crippen LogP contribution in [0.2, 0.25) is 0 Å². The largest absolute Gasteiger partial charge is 0.361 e. The third-order valence-corrected chi connectivity index (χ3v) is 4.66. The van der Waals surface area contributed by atoms with E-state index >= 15 is 0 Å². The van der Waals surface area contributed by atoms with Crippen LogP contribution in [0.4, 0.5) is 0 Å². The van der Waals surface area contributed by atoms with Gasteiger partial charge in [-0.3, -0.25) is 4.79 Å². The molecule has 0 unspecified atom stereocenters. The van der Waals surface area contributed by atoms with Gasteiger partial charge in [0.15, 0.2) is 0 Å². The Morgan fingerprint density at radius 2 is 2.33 bits per heavy atom. The predicted molar refractivity (Wildman–Crippen MR) is 79.3 cm³/mol. The van der Waals surface area contributed by atoms with Gasteiger partial charge in [0.05, 0.1) is 28.0 Å². The molecular formula is C15H13N3O2S. The van der Waals surface area contributed by atoms with Crippen LogP contribution in [0.15, 0.2) is 28.9 Å². The first kappa shape index (κ1) is 12.5. The number of carbonyl (C=O) groups excluding carboxylic acids is 1. The van der Waals surface area contributed by atoms with Crippen molar-refractivity contribution in [3.63, 3.8) is 0 Å². The molecule has 0 N–H and O–H groups in total. The van der Waals surface area contributed by atoms with Gasteiger partial charge in [-0.25, -0.2) is 4.98 Å². The van der Waals surface area contributed by atoms with Gasteiger partial charge in [0.25, 0.3) is 5.91 Å². The summed E-state index contributed by atoms with van der Waals surface area (Å²) in [4.78, 5) is 18.9. The fourth-order valence-corrected chi connectivity index (χ4v) is 3.54. The van der Waals surface area contributed by atoms with Crippen LogP contribution >= 0.6 is 11.3 Å². The molecule has 0 spiro atoms. The monoisotopic (exact) mass is 299 g/mol. The van der Waals surface area contributed by atoms with Gasteiger partial charge in [0.1, 0.15) is 5.76 Å². The van der Waals surface area contributed by atoms with Crippen LogP contribution in [0.5, 0.6) is 0 Å². The molecule has 0 saturated carbocycles. The molecule has 0 saturated heterocycles. The zero-order valence-corrected chi connectivity index (χ0v) is 12.3. The van der Waals surface area contributed by atoms with Crippen molar-refractivity contribution in [2.24, 2.45) is 0 Å². The minimum Gasteiger partial charge on any atom is -0.361 e. The minimum absolute atomic E-state index is 0.0507. The van der Waals surface area contributed by atoms with Crippen molar-refractivity contribution in [2.75, 3.05) is 6.54 Å². The third kappa shape index (κ3) is 2.12. The molecule has 1 aromatic carbocycles. The van der Waals surface area contributed by atoms with Crippen molar-refractivity contribution in [1.82, 2.24) is 15.0 Å². The number of benzene rings is 1. The van der Waals surface area contributed by atoms with Crippen molar-refractivity contribution < 1.29 is 9.32 Å². The summed E-state index contributed by atoms with van der Waals surface area (Å²) in [7, 11) is 0. The van der Waals surface area contributed by atoms with E-state index in [9.17, 15) is 4.79 Å². The summed E-state index contributed by atoms with van der Waals surface area (Å²) in [6.07, 6.45) is 2.42. The summed E-state index contributed by atoms with van der Waals surface area (Å²) in [5.41, 5.74) is 2.67. The fourth-order valence-electron chi connectivity index (χ4n) is 2.67. The summed E-state index contributed by atoms with van der Waals surface area (Å²) in [6.45, 7) is 3.21. The molecule has 3 aromatic rings. The van der Waals surface area contributed by atoms with Crippen molar-refractivity contribution in [1.29, 1.82) is 0 Å². The first-order valence-electron chi connectivity index (χ1n) is 6.79. The maximum atomic E-state index is 12.6. The van der Waals surface area contributed by atoms with Crippen molar-refractivity contribution in [3.8, 4) is 0 Å². The molecule has 6 heteroatoms. The van der Waals surface area contributed by atoms with E-state index in [1.165, 1.54) is 0 Å². The van der Waals surface area contributed by atoms with Crippen LogP contribution in [-0.4, -0.2) is 27.5 Å². The molecule has 1 aliphatic heterocycles. The summed E-state index contributed by atoms with van der Waals surface area (Å²) < 4.78 is 6.21. The van der Waals surface area contributed by atoms with E-state index in [0.717, 1.165) is 33.0 Å². The number of amides is 1. The van der Waals surface area contributed by atoms with Crippen LogP contribution in [0, 0.1) is 6.92 Å². The average Bonchev–Trinajstić information content (AvgIpc) is 3.09. The topological polar surface area (TPSA) is 59.2 Å². The molecule has 4 rings (SSSR count). The SMILES string of the molecule is Cc1nc2ccc(C(=O)N3CCc4oncc4C3)cc2s1. The highest BCUT2D eigenvalue weighted by Crippen LogP contribution is 2.25. The molecule has 0 radical (unpaired) electrons. The predicted octanol–water partition coefficient (Wildman–Crippen LogP) is 2.79. The van der Waals surface area contributed by atoms with Crippen molar-refractivity contribution >= 4 is 27.5 Å². The molecule has 106 valence electrons. The van der Waals surface area contributed by atoms with Gasteiger partial charge in [-0.15, -0.1) is 11.3 Å². The smallest absolute Gasteiger partial charge is 0.254 e. The maximum Gasteiger partial charge on any atom is 0.254 e. The summed E-state index contributed by atoms with van der Waals surface area (Å²) >= 11 is 1.61. The van der Waals surface area contributed by atoms with Crippen LogP contribution in [0.25, 0.3) is 10.2 Å². The Kier molecular flexibility index (Phi) is 2.78. The Morgan fingerprint density at radius 3 is 3.24 bits per heavy atom. The summed E-state index contributed by atoms with van der Waals surface area (Å²) in [5.74, 6) is 0.947. The second kappa shape index (κ2) is 4.66. The normalized spacial score (nSPS) is 14.4. The molecule has 0 atom stereocenters. The molecule has 1 aliphatic rings. The average molecular weight is 299 g/mol. The number of carbonyl (C=O) groups is 1. The Hall–Kier alpha value is -2.21. The van der Waals surface area contributed by atoms with E-state index < -0.39 is 0 Å². The molecule has 1 amide bonds. The second-order valence-electron chi connectivity index (χ2n) is 5.17. The zero-order valence-electron chi connectivity index (χ0n) is 11.5. The lowest BCUT2D eigenvalue weighted by Crippen LogP contribution is -2.35. The van der Waals surface area contributed by atoms with E-state index in [-0.39, 0.29) is 5.91 Å². The van der Waals surface area contributed by atoms with Crippen LogP contribution in [0.3, 0.4) is 0 Å². The highest BCUT2D eigenvalue weighted by atomic mass is 32.1. The van der Waals surface area contributed by atoms with Crippen LogP contribution in [0.1, 0.15) is 26.7 Å². The lowest BCUT2D eigenvalue weighted by molar-refractivity contribution is 0.0729. The van der Waals surface area contributed by atoms with Gasteiger partial charge in [-0.05, 0) is 25.1 Å². The number of rotatable bonds is 1. The van der Waals surface area contributed by atoms with E-state index in [4.69, 9.17) is 4.52 Å². The van der Waals surface area contributed by atoms with Gasteiger partial charge >= 0.3 is 0 Å². The van der Waals surface area contributed by atoms with E-state index in [1.54, 1.807) is 17.5 Å². The van der Waals surface area contributed by atoms with E-state index in [2.05, 4.69) is 10.1 Å². The lowest BCUT2D eigenvalue weighted by atomic mass is 10.1. The molecule has 0 aliphatic carbocycles. The second-order valence-corrected chi connectivity index (χ2v) is 6.40. The summed E-state index contributed by atoms with van der Waals surface area (Å²) in [5, 5.41) is 4.81. The van der Waals surface area contributed by atoms with Gasteiger partial charge < -0.3 is 9.42 Å². The quantitative estimate of drug-likeness (QED) is 0.693. The first-order valence-corrected chi connectivity index (χ1v) is 7.61. The molecule has 0 bridgehead atoms. The Bertz CT molecular complexity index is 836. The maximum absolute atomic E-state index is 12.6. The molecule has 21 heavy (non-hydrogen) atoms. The fraction of sp³-hybridized carbons (Fsp3) is 0.267. The van der Waals surface area contributed by atoms with Crippen molar-refractivity contribution in [2.45, 2.75) is 19.9 Å². The van der Waals surface area contributed by atoms with Gasteiger partial charge in [-0.1, -0.05) is 5.16 Å². The Morgan fingerprint density at radius 1 is 1.43 bits per heavy atom. The van der Waals surface area contributed by atoms with Gasteiger partial charge in [-0.2, -0.15) is 0 Å². The van der Waals surface area contributed by atoms with Gasteiger partial charge in [0, 0.05) is 24.1 Å². The third-order valence-electron chi connectivity index (χ3n) is 3.73. The lowest BCUT2D eigenvalue weighted by Gasteiger charge is -2.25. The molecule has 3 heterocycles. The molecule has 5 nitrogen and oxygen atoms in total. The molecule has 0 fully saturated rings. The number of nitrogens with zero attached hydrogens (tertiary/aromatic N) is 3. The first-order chi connectivity index (χ1) is 10.2. The number of aromatic nitrogens is 2. The zero-order chi connectivity index (χ0) is 14.4. The molecule has 2 aromatic heterocycles. The van der Waals surface area contributed by atoms with Crippen LogP contribution < -0.4 is 0 Å². The van der Waals surface area contributed by atoms with E-state index in [1.807, 2.05) is 30.0 Å². The van der Waals surface area contributed by atoms with Crippen molar-refractivity contribution in [3.05, 3.63) is 46.3 Å². The number of aryl methyl sites for hydroxylation is 1. The highest BCUT2D eigenvalue weighted by molar-refractivity contribution is 7.18. The van der Waals surface area contributed by atoms with E-state index in [0.29, 0.717) is 18.7 Å². The Balaban J connectivity index is 1.64. The minimum atomic E-state index is 0.0507. The standard InChI is InChI=1S/C15H13N3O2S/c1-9-17-12-3-2-10(6-14(12)21-9)15(19)18-5-4-13-11(8-18)7-16-20-13/h2-3,6-7H,4-5,8H2,1H3. The number of thiazole rings is 1. The Labute approximate surface area is 125 Å². The molecular weight excluding hydrogens is 286 g/mol. The van der Waals surface area contributed by atoms with Crippen LogP contribution in [-0.2, 0) is 13.0 Å². The summed E-state index contributed by atoms with van der Waals surface area (Å²) in [6, 6.07) is 5.71. The number of fused-ring (bicyclic) bond motifs is 2.